The summed E-state index contributed by atoms with van der Waals surface area (Å²) in [6, 6.07) is 8.26. The molecule has 1 aromatic heterocycles. The standard InChI is InChI=1S/C14H15NO2S/c1-9(2)10-4-6-11(7-5-10)12-8-18-13(15-12)14(16)17-3/h4-9H,1-3H3. The highest BCUT2D eigenvalue weighted by atomic mass is 32.1. The van der Waals surface area contributed by atoms with Crippen LogP contribution in [0.5, 0.6) is 0 Å². The summed E-state index contributed by atoms with van der Waals surface area (Å²) in [4.78, 5) is 15.6. The van der Waals surface area contributed by atoms with Gasteiger partial charge in [-0.15, -0.1) is 11.3 Å². The highest BCUT2D eigenvalue weighted by Crippen LogP contribution is 2.24. The monoisotopic (exact) mass is 261 g/mol. The summed E-state index contributed by atoms with van der Waals surface area (Å²) in [5, 5.41) is 2.26. The van der Waals surface area contributed by atoms with Crippen LogP contribution in [0.2, 0.25) is 0 Å². The first-order chi connectivity index (χ1) is 8.61. The van der Waals surface area contributed by atoms with Gasteiger partial charge in [0.25, 0.3) is 0 Å². The Bertz CT molecular complexity index is 543. The molecule has 0 atom stereocenters. The zero-order valence-corrected chi connectivity index (χ0v) is 11.5. The molecule has 0 aliphatic carbocycles. The number of hydrogen-bond acceptors (Lipinski definition) is 4. The predicted molar refractivity (Wildman–Crippen MR) is 73.0 cm³/mol. The Balaban J connectivity index is 2.26. The number of nitrogens with zero attached hydrogens (tertiary/aromatic N) is 1. The maximum absolute atomic E-state index is 11.3. The molecule has 4 heteroatoms. The van der Waals surface area contributed by atoms with Crippen molar-refractivity contribution in [1.29, 1.82) is 0 Å². The predicted octanol–water partition coefficient (Wildman–Crippen LogP) is 3.72. The van der Waals surface area contributed by atoms with E-state index in [4.69, 9.17) is 0 Å². The lowest BCUT2D eigenvalue weighted by Crippen LogP contribution is -1.99. The third kappa shape index (κ3) is 2.59. The third-order valence-corrected chi connectivity index (χ3v) is 3.56. The number of carbonyl (C=O) groups excluding carboxylic acids is 1. The van der Waals surface area contributed by atoms with E-state index in [0.29, 0.717) is 10.9 Å². The molecule has 0 bridgehead atoms. The van der Waals surface area contributed by atoms with E-state index >= 15 is 0 Å². The Morgan fingerprint density at radius 3 is 2.50 bits per heavy atom. The molecular formula is C14H15NO2S. The van der Waals surface area contributed by atoms with Crippen molar-refractivity contribution in [2.75, 3.05) is 7.11 Å². The van der Waals surface area contributed by atoms with Gasteiger partial charge in [0.05, 0.1) is 12.8 Å². The van der Waals surface area contributed by atoms with Crippen LogP contribution in [0.1, 0.15) is 35.1 Å². The minimum absolute atomic E-state index is 0.384. The van der Waals surface area contributed by atoms with Gasteiger partial charge in [0.2, 0.25) is 5.01 Å². The Hall–Kier alpha value is -1.68. The number of ether oxygens (including phenoxy) is 1. The normalized spacial score (nSPS) is 10.7. The first-order valence-electron chi connectivity index (χ1n) is 5.76. The molecule has 18 heavy (non-hydrogen) atoms. The summed E-state index contributed by atoms with van der Waals surface area (Å²) < 4.78 is 4.65. The number of methoxy groups -OCH3 is 1. The van der Waals surface area contributed by atoms with Crippen LogP contribution in [0.3, 0.4) is 0 Å². The van der Waals surface area contributed by atoms with Crippen LogP contribution in [-0.2, 0) is 4.74 Å². The maximum Gasteiger partial charge on any atom is 0.367 e. The fourth-order valence-corrected chi connectivity index (χ4v) is 2.37. The lowest BCUT2D eigenvalue weighted by Gasteiger charge is -2.05. The molecule has 0 fully saturated rings. The van der Waals surface area contributed by atoms with Crippen LogP contribution in [-0.4, -0.2) is 18.1 Å². The minimum atomic E-state index is -0.384. The molecule has 0 saturated heterocycles. The van der Waals surface area contributed by atoms with Gasteiger partial charge in [-0.05, 0) is 11.5 Å². The zero-order chi connectivity index (χ0) is 13.1. The molecule has 0 aliphatic heterocycles. The number of carbonyl (C=O) groups is 1. The van der Waals surface area contributed by atoms with Crippen molar-refractivity contribution < 1.29 is 9.53 Å². The zero-order valence-electron chi connectivity index (χ0n) is 10.6. The first-order valence-corrected chi connectivity index (χ1v) is 6.64. The molecule has 0 aliphatic rings. The van der Waals surface area contributed by atoms with Crippen molar-refractivity contribution in [2.45, 2.75) is 19.8 Å². The smallest absolute Gasteiger partial charge is 0.367 e. The number of thiazole rings is 1. The molecule has 94 valence electrons. The minimum Gasteiger partial charge on any atom is -0.464 e. The largest absolute Gasteiger partial charge is 0.464 e. The van der Waals surface area contributed by atoms with Gasteiger partial charge in [0.15, 0.2) is 0 Å². The number of aromatic nitrogens is 1. The van der Waals surface area contributed by atoms with Crippen LogP contribution in [0.25, 0.3) is 11.3 Å². The van der Waals surface area contributed by atoms with Crippen LogP contribution < -0.4 is 0 Å². The highest BCUT2D eigenvalue weighted by molar-refractivity contribution is 7.11. The summed E-state index contributed by atoms with van der Waals surface area (Å²) >= 11 is 1.30. The van der Waals surface area contributed by atoms with Crippen LogP contribution in [0.15, 0.2) is 29.6 Å². The van der Waals surface area contributed by atoms with Gasteiger partial charge >= 0.3 is 5.97 Å². The summed E-state index contributed by atoms with van der Waals surface area (Å²) in [5.41, 5.74) is 3.13. The fraction of sp³-hybridized carbons (Fsp3) is 0.286. The molecule has 0 unspecified atom stereocenters. The lowest BCUT2D eigenvalue weighted by molar-refractivity contribution is 0.0600. The highest BCUT2D eigenvalue weighted by Gasteiger charge is 2.12. The second-order valence-corrected chi connectivity index (χ2v) is 5.16. The van der Waals surface area contributed by atoms with E-state index in [0.717, 1.165) is 11.3 Å². The molecular weight excluding hydrogens is 246 g/mol. The number of benzene rings is 1. The Morgan fingerprint density at radius 1 is 1.28 bits per heavy atom. The third-order valence-electron chi connectivity index (χ3n) is 2.74. The Labute approximate surface area is 110 Å². The Morgan fingerprint density at radius 2 is 1.94 bits per heavy atom. The van der Waals surface area contributed by atoms with Gasteiger partial charge in [0, 0.05) is 10.9 Å². The molecule has 2 aromatic rings. The van der Waals surface area contributed by atoms with Gasteiger partial charge < -0.3 is 4.74 Å². The van der Waals surface area contributed by atoms with E-state index in [1.54, 1.807) is 0 Å². The van der Waals surface area contributed by atoms with E-state index in [2.05, 4.69) is 35.7 Å². The van der Waals surface area contributed by atoms with Crippen molar-refractivity contribution >= 4 is 17.3 Å². The van der Waals surface area contributed by atoms with E-state index < -0.39 is 0 Å². The average molecular weight is 261 g/mol. The quantitative estimate of drug-likeness (QED) is 0.790. The van der Waals surface area contributed by atoms with Crippen LogP contribution in [0, 0.1) is 0 Å². The molecule has 1 heterocycles. The van der Waals surface area contributed by atoms with Crippen molar-refractivity contribution in [3.8, 4) is 11.3 Å². The topological polar surface area (TPSA) is 39.2 Å². The van der Waals surface area contributed by atoms with Crippen LogP contribution in [0.4, 0.5) is 0 Å². The van der Waals surface area contributed by atoms with E-state index in [9.17, 15) is 4.79 Å². The fourth-order valence-electron chi connectivity index (χ4n) is 1.63. The molecule has 0 spiro atoms. The molecule has 0 amide bonds. The maximum atomic E-state index is 11.3. The summed E-state index contributed by atoms with van der Waals surface area (Å²) in [7, 11) is 1.36. The lowest BCUT2D eigenvalue weighted by atomic mass is 10.0. The van der Waals surface area contributed by atoms with Crippen molar-refractivity contribution in [3.05, 3.63) is 40.2 Å². The molecule has 3 nitrogen and oxygen atoms in total. The SMILES string of the molecule is COC(=O)c1nc(-c2ccc(C(C)C)cc2)cs1. The van der Waals surface area contributed by atoms with Crippen molar-refractivity contribution in [1.82, 2.24) is 4.98 Å². The van der Waals surface area contributed by atoms with E-state index in [1.807, 2.05) is 17.5 Å². The van der Waals surface area contributed by atoms with E-state index in [-0.39, 0.29) is 5.97 Å². The summed E-state index contributed by atoms with van der Waals surface area (Å²) in [6.07, 6.45) is 0. The van der Waals surface area contributed by atoms with E-state index in [1.165, 1.54) is 24.0 Å². The summed E-state index contributed by atoms with van der Waals surface area (Å²) in [6.45, 7) is 4.32. The molecule has 1 aromatic carbocycles. The summed E-state index contributed by atoms with van der Waals surface area (Å²) in [5.74, 6) is 0.130. The molecule has 0 N–H and O–H groups in total. The molecule has 0 saturated carbocycles. The van der Waals surface area contributed by atoms with Gasteiger partial charge in [0.1, 0.15) is 0 Å². The number of hydrogen-bond donors (Lipinski definition) is 0. The Kier molecular flexibility index (Phi) is 3.77. The first kappa shape index (κ1) is 12.8. The number of rotatable bonds is 3. The molecule has 0 radical (unpaired) electrons. The van der Waals surface area contributed by atoms with Crippen LogP contribution >= 0.6 is 11.3 Å². The van der Waals surface area contributed by atoms with Crippen molar-refractivity contribution in [3.63, 3.8) is 0 Å². The second-order valence-electron chi connectivity index (χ2n) is 4.31. The number of esters is 1. The molecule has 2 rings (SSSR count). The van der Waals surface area contributed by atoms with Gasteiger partial charge in [-0.1, -0.05) is 38.1 Å². The van der Waals surface area contributed by atoms with Crippen molar-refractivity contribution in [2.24, 2.45) is 0 Å². The average Bonchev–Trinajstić information content (AvgIpc) is 2.87. The van der Waals surface area contributed by atoms with Gasteiger partial charge in [-0.25, -0.2) is 9.78 Å². The van der Waals surface area contributed by atoms with Gasteiger partial charge in [-0.2, -0.15) is 0 Å². The second kappa shape index (κ2) is 5.31. The van der Waals surface area contributed by atoms with Gasteiger partial charge in [-0.3, -0.25) is 0 Å².